The Balaban J connectivity index is 1.64. The molecule has 0 spiro atoms. The zero-order chi connectivity index (χ0) is 18.7. The lowest BCUT2D eigenvalue weighted by atomic mass is 10.2. The van der Waals surface area contributed by atoms with E-state index >= 15 is 0 Å². The first-order valence-corrected chi connectivity index (χ1v) is 8.68. The average molecular weight is 390 g/mol. The minimum absolute atomic E-state index is 0.185. The summed E-state index contributed by atoms with van der Waals surface area (Å²) in [5, 5.41) is 8.29. The van der Waals surface area contributed by atoms with Crippen molar-refractivity contribution in [3.8, 4) is 5.75 Å². The molecule has 0 aliphatic rings. The Bertz CT molecular complexity index is 954. The van der Waals surface area contributed by atoms with Crippen LogP contribution in [0.4, 0.5) is 5.69 Å². The third-order valence-corrected chi connectivity index (χ3v) is 4.47. The Morgan fingerprint density at radius 3 is 2.69 bits per heavy atom. The summed E-state index contributed by atoms with van der Waals surface area (Å²) in [6.07, 6.45) is 1.68. The Morgan fingerprint density at radius 1 is 1.12 bits per heavy atom. The summed E-state index contributed by atoms with van der Waals surface area (Å²) >= 11 is 12.0. The number of nitrogens with zero attached hydrogens (tertiary/aromatic N) is 2. The van der Waals surface area contributed by atoms with Crippen LogP contribution in [-0.4, -0.2) is 15.7 Å². The molecule has 0 saturated heterocycles. The molecule has 1 heterocycles. The SMILES string of the molecule is Cc1cc(OCn2ccc(C(=O)Nc3cc(Cl)ccc3C)n2)ccc1Cl. The predicted molar refractivity (Wildman–Crippen MR) is 103 cm³/mol. The van der Waals surface area contributed by atoms with Gasteiger partial charge in [-0.3, -0.25) is 4.79 Å². The average Bonchev–Trinajstić information content (AvgIpc) is 3.08. The van der Waals surface area contributed by atoms with Crippen LogP contribution >= 0.6 is 23.2 Å². The van der Waals surface area contributed by atoms with Gasteiger partial charge in [-0.2, -0.15) is 5.10 Å². The van der Waals surface area contributed by atoms with Crippen molar-refractivity contribution in [2.24, 2.45) is 0 Å². The van der Waals surface area contributed by atoms with E-state index in [1.165, 1.54) is 0 Å². The summed E-state index contributed by atoms with van der Waals surface area (Å²) in [4.78, 5) is 12.4. The van der Waals surface area contributed by atoms with Gasteiger partial charge in [0.25, 0.3) is 5.91 Å². The van der Waals surface area contributed by atoms with E-state index in [1.807, 2.05) is 26.0 Å². The number of hydrogen-bond acceptors (Lipinski definition) is 3. The third-order valence-electron chi connectivity index (χ3n) is 3.81. The molecule has 3 rings (SSSR count). The van der Waals surface area contributed by atoms with E-state index in [0.29, 0.717) is 27.2 Å². The van der Waals surface area contributed by atoms with Crippen molar-refractivity contribution in [2.75, 3.05) is 5.32 Å². The molecule has 7 heteroatoms. The first-order chi connectivity index (χ1) is 12.4. The van der Waals surface area contributed by atoms with Gasteiger partial charge >= 0.3 is 0 Å². The largest absolute Gasteiger partial charge is 0.471 e. The maximum absolute atomic E-state index is 12.4. The summed E-state index contributed by atoms with van der Waals surface area (Å²) in [6, 6.07) is 12.4. The van der Waals surface area contributed by atoms with Gasteiger partial charge in [0, 0.05) is 21.9 Å². The van der Waals surface area contributed by atoms with Crippen molar-refractivity contribution in [1.29, 1.82) is 0 Å². The molecule has 5 nitrogen and oxygen atoms in total. The van der Waals surface area contributed by atoms with Gasteiger partial charge in [0.1, 0.15) is 5.75 Å². The van der Waals surface area contributed by atoms with E-state index in [4.69, 9.17) is 27.9 Å². The van der Waals surface area contributed by atoms with Gasteiger partial charge in [0.05, 0.1) is 0 Å². The minimum Gasteiger partial charge on any atom is -0.471 e. The van der Waals surface area contributed by atoms with Gasteiger partial charge < -0.3 is 10.1 Å². The zero-order valence-electron chi connectivity index (χ0n) is 14.3. The minimum atomic E-state index is -0.309. The van der Waals surface area contributed by atoms with Crippen molar-refractivity contribution < 1.29 is 9.53 Å². The van der Waals surface area contributed by atoms with Crippen LogP contribution in [0.5, 0.6) is 5.75 Å². The van der Waals surface area contributed by atoms with E-state index in [1.54, 1.807) is 41.2 Å². The lowest BCUT2D eigenvalue weighted by Gasteiger charge is -2.08. The summed E-state index contributed by atoms with van der Waals surface area (Å²) in [5.74, 6) is 0.374. The second kappa shape index (κ2) is 7.81. The predicted octanol–water partition coefficient (Wildman–Crippen LogP) is 5.10. The summed E-state index contributed by atoms with van der Waals surface area (Å²) in [5.41, 5.74) is 2.80. The molecule has 0 aliphatic carbocycles. The lowest BCUT2D eigenvalue weighted by Crippen LogP contribution is -2.15. The van der Waals surface area contributed by atoms with Gasteiger partial charge in [-0.25, -0.2) is 4.68 Å². The second-order valence-corrected chi connectivity index (χ2v) is 6.68. The van der Waals surface area contributed by atoms with Crippen molar-refractivity contribution in [3.63, 3.8) is 0 Å². The van der Waals surface area contributed by atoms with E-state index in [-0.39, 0.29) is 12.6 Å². The van der Waals surface area contributed by atoms with E-state index in [0.717, 1.165) is 11.1 Å². The lowest BCUT2D eigenvalue weighted by molar-refractivity contribution is 0.102. The number of rotatable bonds is 5. The molecule has 134 valence electrons. The standard InChI is InChI=1S/C19H17Cl2N3O2/c1-12-3-4-14(20)10-18(12)22-19(25)17-7-8-24(23-17)11-26-15-5-6-16(21)13(2)9-15/h3-10H,11H2,1-2H3,(H,22,25). The van der Waals surface area contributed by atoms with Gasteiger partial charge in [-0.15, -0.1) is 0 Å². The Morgan fingerprint density at radius 2 is 1.92 bits per heavy atom. The molecule has 1 amide bonds. The van der Waals surface area contributed by atoms with Gasteiger partial charge in [-0.1, -0.05) is 29.3 Å². The quantitative estimate of drug-likeness (QED) is 0.660. The van der Waals surface area contributed by atoms with Gasteiger partial charge in [-0.05, 0) is 61.4 Å². The third kappa shape index (κ3) is 4.36. The van der Waals surface area contributed by atoms with E-state index < -0.39 is 0 Å². The monoisotopic (exact) mass is 389 g/mol. The van der Waals surface area contributed by atoms with Crippen LogP contribution < -0.4 is 10.1 Å². The molecule has 0 aliphatic heterocycles. The van der Waals surface area contributed by atoms with Crippen molar-refractivity contribution in [1.82, 2.24) is 9.78 Å². The molecule has 0 bridgehead atoms. The number of nitrogens with one attached hydrogen (secondary N) is 1. The molecule has 26 heavy (non-hydrogen) atoms. The topological polar surface area (TPSA) is 56.1 Å². The molecule has 0 saturated carbocycles. The number of halogens is 2. The number of aryl methyl sites for hydroxylation is 2. The molecule has 2 aromatic carbocycles. The first kappa shape index (κ1) is 18.3. The van der Waals surface area contributed by atoms with Crippen LogP contribution in [0.15, 0.2) is 48.7 Å². The highest BCUT2D eigenvalue weighted by molar-refractivity contribution is 6.31. The maximum atomic E-state index is 12.4. The highest BCUT2D eigenvalue weighted by Gasteiger charge is 2.12. The Kier molecular flexibility index (Phi) is 5.49. The second-order valence-electron chi connectivity index (χ2n) is 5.84. The van der Waals surface area contributed by atoms with Gasteiger partial charge in [0.2, 0.25) is 0 Å². The van der Waals surface area contributed by atoms with Crippen molar-refractivity contribution >= 4 is 34.8 Å². The molecule has 0 unspecified atom stereocenters. The number of hydrogen-bond donors (Lipinski definition) is 1. The molecule has 1 N–H and O–H groups in total. The highest BCUT2D eigenvalue weighted by Crippen LogP contribution is 2.22. The van der Waals surface area contributed by atoms with E-state index in [9.17, 15) is 4.79 Å². The van der Waals surface area contributed by atoms with Crippen molar-refractivity contribution in [3.05, 3.63) is 75.5 Å². The summed E-state index contributed by atoms with van der Waals surface area (Å²) in [6.45, 7) is 3.99. The number of carbonyl (C=O) groups is 1. The Hall–Kier alpha value is -2.50. The van der Waals surface area contributed by atoms with E-state index in [2.05, 4.69) is 10.4 Å². The van der Waals surface area contributed by atoms with Crippen LogP contribution in [0, 0.1) is 13.8 Å². The van der Waals surface area contributed by atoms with Crippen LogP contribution in [0.3, 0.4) is 0 Å². The molecule has 0 fully saturated rings. The molecule has 0 radical (unpaired) electrons. The number of carbonyl (C=O) groups excluding carboxylic acids is 1. The van der Waals surface area contributed by atoms with Crippen LogP contribution in [0.25, 0.3) is 0 Å². The highest BCUT2D eigenvalue weighted by atomic mass is 35.5. The van der Waals surface area contributed by atoms with Crippen LogP contribution in [-0.2, 0) is 6.73 Å². The summed E-state index contributed by atoms with van der Waals surface area (Å²) in [7, 11) is 0. The normalized spacial score (nSPS) is 10.6. The molecule has 3 aromatic rings. The first-order valence-electron chi connectivity index (χ1n) is 7.92. The van der Waals surface area contributed by atoms with Gasteiger partial charge in [0.15, 0.2) is 12.4 Å². The number of ether oxygens (including phenoxy) is 1. The number of amides is 1. The fourth-order valence-corrected chi connectivity index (χ4v) is 2.61. The van der Waals surface area contributed by atoms with Crippen molar-refractivity contribution in [2.45, 2.75) is 20.6 Å². The number of aromatic nitrogens is 2. The van der Waals surface area contributed by atoms with Crippen LogP contribution in [0.2, 0.25) is 10.0 Å². The number of benzene rings is 2. The molecule has 1 aromatic heterocycles. The zero-order valence-corrected chi connectivity index (χ0v) is 15.8. The smallest absolute Gasteiger partial charge is 0.276 e. The summed E-state index contributed by atoms with van der Waals surface area (Å²) < 4.78 is 7.21. The fourth-order valence-electron chi connectivity index (χ4n) is 2.32. The number of anilines is 1. The molecular weight excluding hydrogens is 373 g/mol. The van der Waals surface area contributed by atoms with Crippen LogP contribution in [0.1, 0.15) is 21.6 Å². The molecular formula is C19H17Cl2N3O2. The maximum Gasteiger partial charge on any atom is 0.276 e. The molecule has 0 atom stereocenters. The fraction of sp³-hybridized carbons (Fsp3) is 0.158. The Labute approximate surface area is 161 Å².